The molecule has 0 fully saturated rings. The number of hydrogen-bond donors (Lipinski definition) is 1. The molecule has 0 radical (unpaired) electrons. The van der Waals surface area contributed by atoms with E-state index in [4.69, 9.17) is 4.74 Å². The van der Waals surface area contributed by atoms with Crippen LogP contribution in [0.1, 0.15) is 43.1 Å². The van der Waals surface area contributed by atoms with Crippen LogP contribution < -0.4 is 4.74 Å². The lowest BCUT2D eigenvalue weighted by molar-refractivity contribution is 0.151. The number of hydrogen-bond acceptors (Lipinski definition) is 2. The van der Waals surface area contributed by atoms with Crippen molar-refractivity contribution >= 4 is 0 Å². The molecule has 0 saturated heterocycles. The van der Waals surface area contributed by atoms with Crippen LogP contribution in [0.2, 0.25) is 0 Å². The van der Waals surface area contributed by atoms with Gasteiger partial charge in [-0.2, -0.15) is 0 Å². The predicted octanol–water partition coefficient (Wildman–Crippen LogP) is 4.49. The molecule has 0 aliphatic rings. The van der Waals surface area contributed by atoms with Crippen LogP contribution >= 0.6 is 0 Å². The third kappa shape index (κ3) is 4.02. The molecule has 1 atom stereocenters. The molecule has 2 aromatic carbocycles. The second kappa shape index (κ2) is 6.68. The minimum atomic E-state index is -2.50. The zero-order valence-corrected chi connectivity index (χ0v) is 12.0. The standard InChI is InChI=1S/C17H18F2O2/c1-11(2)21-15-9-7-13(8-10-15)16(20)12-3-5-14(6-4-12)17(18)19/h3-11,16-17,20H,1-2H3. The number of halogens is 2. The van der Waals surface area contributed by atoms with Crippen molar-refractivity contribution in [3.8, 4) is 5.75 Å². The first-order chi connectivity index (χ1) is 9.97. The number of benzene rings is 2. The largest absolute Gasteiger partial charge is 0.491 e. The average Bonchev–Trinajstić information content (AvgIpc) is 2.47. The summed E-state index contributed by atoms with van der Waals surface area (Å²) in [5.41, 5.74) is 1.22. The average molecular weight is 292 g/mol. The summed E-state index contributed by atoms with van der Waals surface area (Å²) in [4.78, 5) is 0. The predicted molar refractivity (Wildman–Crippen MR) is 77.7 cm³/mol. The van der Waals surface area contributed by atoms with Crippen LogP contribution in [0, 0.1) is 0 Å². The highest BCUT2D eigenvalue weighted by molar-refractivity contribution is 5.35. The second-order valence-corrected chi connectivity index (χ2v) is 5.11. The Labute approximate surface area is 123 Å². The van der Waals surface area contributed by atoms with Crippen LogP contribution in [0.5, 0.6) is 5.75 Å². The fourth-order valence-corrected chi connectivity index (χ4v) is 2.02. The van der Waals surface area contributed by atoms with Gasteiger partial charge in [0.15, 0.2) is 0 Å². The van der Waals surface area contributed by atoms with Crippen molar-refractivity contribution in [1.29, 1.82) is 0 Å². The van der Waals surface area contributed by atoms with E-state index in [0.717, 1.165) is 5.75 Å². The van der Waals surface area contributed by atoms with E-state index in [1.165, 1.54) is 24.3 Å². The van der Waals surface area contributed by atoms with E-state index < -0.39 is 12.5 Å². The first kappa shape index (κ1) is 15.4. The summed E-state index contributed by atoms with van der Waals surface area (Å²) in [6.45, 7) is 3.88. The van der Waals surface area contributed by atoms with Crippen molar-refractivity contribution < 1.29 is 18.6 Å². The minimum absolute atomic E-state index is 0.0494. The molecule has 0 heterocycles. The molecule has 0 bridgehead atoms. The Bertz CT molecular complexity index is 562. The third-order valence-electron chi connectivity index (χ3n) is 3.07. The summed E-state index contributed by atoms with van der Waals surface area (Å²) < 4.78 is 30.5. The van der Waals surface area contributed by atoms with E-state index in [0.29, 0.717) is 11.1 Å². The number of alkyl halides is 2. The normalized spacial score (nSPS) is 12.7. The molecule has 0 aliphatic heterocycles. The second-order valence-electron chi connectivity index (χ2n) is 5.11. The molecule has 2 rings (SSSR count). The van der Waals surface area contributed by atoms with Crippen LogP contribution in [0.3, 0.4) is 0 Å². The Morgan fingerprint density at radius 2 is 1.24 bits per heavy atom. The fraction of sp³-hybridized carbons (Fsp3) is 0.294. The van der Waals surface area contributed by atoms with Crippen molar-refractivity contribution in [3.05, 3.63) is 65.2 Å². The SMILES string of the molecule is CC(C)Oc1ccc(C(O)c2ccc(C(F)F)cc2)cc1. The van der Waals surface area contributed by atoms with Crippen LogP contribution in [0.15, 0.2) is 48.5 Å². The van der Waals surface area contributed by atoms with Gasteiger partial charge in [-0.3, -0.25) is 0 Å². The van der Waals surface area contributed by atoms with Gasteiger partial charge in [0.05, 0.1) is 6.10 Å². The lowest BCUT2D eigenvalue weighted by atomic mass is 10.0. The Balaban J connectivity index is 2.13. The van der Waals surface area contributed by atoms with E-state index >= 15 is 0 Å². The maximum atomic E-state index is 12.5. The Morgan fingerprint density at radius 3 is 1.67 bits per heavy atom. The zero-order valence-electron chi connectivity index (χ0n) is 12.0. The highest BCUT2D eigenvalue weighted by atomic mass is 19.3. The highest BCUT2D eigenvalue weighted by Gasteiger charge is 2.12. The van der Waals surface area contributed by atoms with Crippen LogP contribution in [0.25, 0.3) is 0 Å². The van der Waals surface area contributed by atoms with Crippen LogP contribution in [0.4, 0.5) is 8.78 Å². The summed E-state index contributed by atoms with van der Waals surface area (Å²) in [5.74, 6) is 0.731. The van der Waals surface area contributed by atoms with E-state index in [9.17, 15) is 13.9 Å². The molecule has 1 N–H and O–H groups in total. The van der Waals surface area contributed by atoms with Crippen molar-refractivity contribution in [2.24, 2.45) is 0 Å². The maximum Gasteiger partial charge on any atom is 0.263 e. The molecule has 2 nitrogen and oxygen atoms in total. The number of aliphatic hydroxyl groups is 1. The van der Waals surface area contributed by atoms with Gasteiger partial charge in [0.25, 0.3) is 6.43 Å². The van der Waals surface area contributed by atoms with Crippen molar-refractivity contribution in [1.82, 2.24) is 0 Å². The molecular weight excluding hydrogens is 274 g/mol. The van der Waals surface area contributed by atoms with Crippen molar-refractivity contribution in [3.63, 3.8) is 0 Å². The fourth-order valence-electron chi connectivity index (χ4n) is 2.02. The summed E-state index contributed by atoms with van der Waals surface area (Å²) in [7, 11) is 0. The van der Waals surface area contributed by atoms with Crippen molar-refractivity contribution in [2.75, 3.05) is 0 Å². The van der Waals surface area contributed by atoms with E-state index in [-0.39, 0.29) is 11.7 Å². The summed E-state index contributed by atoms with van der Waals surface area (Å²) in [6, 6.07) is 12.8. The van der Waals surface area contributed by atoms with Gasteiger partial charge in [-0.1, -0.05) is 36.4 Å². The van der Waals surface area contributed by atoms with Gasteiger partial charge < -0.3 is 9.84 Å². The van der Waals surface area contributed by atoms with E-state index in [1.807, 2.05) is 13.8 Å². The zero-order chi connectivity index (χ0) is 15.4. The molecule has 112 valence electrons. The first-order valence-corrected chi connectivity index (χ1v) is 6.80. The van der Waals surface area contributed by atoms with Gasteiger partial charge in [-0.15, -0.1) is 0 Å². The molecule has 0 amide bonds. The number of aliphatic hydroxyl groups excluding tert-OH is 1. The summed E-state index contributed by atoms with van der Waals surface area (Å²) in [5, 5.41) is 10.3. The third-order valence-corrected chi connectivity index (χ3v) is 3.07. The Hall–Kier alpha value is -1.94. The molecular formula is C17H18F2O2. The van der Waals surface area contributed by atoms with E-state index in [1.54, 1.807) is 24.3 Å². The van der Waals surface area contributed by atoms with Gasteiger partial charge in [0.1, 0.15) is 11.9 Å². The first-order valence-electron chi connectivity index (χ1n) is 6.80. The smallest absolute Gasteiger partial charge is 0.263 e. The topological polar surface area (TPSA) is 29.5 Å². The van der Waals surface area contributed by atoms with Crippen LogP contribution in [-0.2, 0) is 0 Å². The number of rotatable bonds is 5. The number of ether oxygens (including phenoxy) is 1. The molecule has 21 heavy (non-hydrogen) atoms. The van der Waals surface area contributed by atoms with Gasteiger partial charge in [0.2, 0.25) is 0 Å². The summed E-state index contributed by atoms with van der Waals surface area (Å²) >= 11 is 0. The quantitative estimate of drug-likeness (QED) is 0.879. The minimum Gasteiger partial charge on any atom is -0.491 e. The lowest BCUT2D eigenvalue weighted by Gasteiger charge is -2.14. The van der Waals surface area contributed by atoms with Gasteiger partial charge in [-0.05, 0) is 37.1 Å². The van der Waals surface area contributed by atoms with Gasteiger partial charge in [-0.25, -0.2) is 8.78 Å². The molecule has 0 aromatic heterocycles. The monoisotopic (exact) mass is 292 g/mol. The molecule has 0 spiro atoms. The van der Waals surface area contributed by atoms with E-state index in [2.05, 4.69) is 0 Å². The molecule has 0 saturated carbocycles. The molecule has 1 unspecified atom stereocenters. The van der Waals surface area contributed by atoms with Gasteiger partial charge in [0, 0.05) is 5.56 Å². The van der Waals surface area contributed by atoms with Gasteiger partial charge >= 0.3 is 0 Å². The Kier molecular flexibility index (Phi) is 4.91. The highest BCUT2D eigenvalue weighted by Crippen LogP contribution is 2.26. The molecule has 0 aliphatic carbocycles. The lowest BCUT2D eigenvalue weighted by Crippen LogP contribution is -2.06. The maximum absolute atomic E-state index is 12.5. The molecule has 4 heteroatoms. The summed E-state index contributed by atoms with van der Waals surface area (Å²) in [6.07, 6.45) is -3.25. The van der Waals surface area contributed by atoms with Crippen LogP contribution in [-0.4, -0.2) is 11.2 Å². The van der Waals surface area contributed by atoms with Crippen molar-refractivity contribution in [2.45, 2.75) is 32.5 Å². The Morgan fingerprint density at radius 1 is 0.810 bits per heavy atom. The molecule has 2 aromatic rings.